The highest BCUT2D eigenvalue weighted by molar-refractivity contribution is 7.91. The van der Waals surface area contributed by atoms with Crippen molar-refractivity contribution < 1.29 is 8.42 Å². The van der Waals surface area contributed by atoms with Gasteiger partial charge in [-0.1, -0.05) is 72.3 Å². The maximum Gasteiger partial charge on any atom is 0.240 e. The summed E-state index contributed by atoms with van der Waals surface area (Å²) in [6, 6.07) is 23.8. The van der Waals surface area contributed by atoms with Crippen LogP contribution in [0.15, 0.2) is 95.2 Å². The zero-order chi connectivity index (χ0) is 20.3. The number of aromatic nitrogens is 2. The average Bonchev–Trinajstić information content (AvgIpc) is 3.29. The normalized spacial score (nSPS) is 11.5. The number of imidazole rings is 1. The topological polar surface area (TPSA) is 62.8 Å². The standard InChI is InChI=1S/C24H22N2O2S/c1-18-11-14-23(29(27,28)24-25-15-16-26-24)22(17-18)21-10-6-5-9-20(21)13-12-19-7-3-2-4-8-19/h2-11,14-17H,12-13H2,1H3,(H,25,26). The third-order valence-corrected chi connectivity index (χ3v) is 6.65. The van der Waals surface area contributed by atoms with Gasteiger partial charge in [0.1, 0.15) is 0 Å². The molecule has 0 saturated heterocycles. The van der Waals surface area contributed by atoms with E-state index in [1.807, 2.05) is 55.5 Å². The van der Waals surface area contributed by atoms with Gasteiger partial charge in [-0.3, -0.25) is 0 Å². The monoisotopic (exact) mass is 402 g/mol. The van der Waals surface area contributed by atoms with Crippen molar-refractivity contribution in [3.05, 3.63) is 102 Å². The third-order valence-electron chi connectivity index (χ3n) is 4.99. The molecule has 29 heavy (non-hydrogen) atoms. The van der Waals surface area contributed by atoms with Gasteiger partial charge in [0.15, 0.2) is 0 Å². The molecule has 5 heteroatoms. The van der Waals surface area contributed by atoms with E-state index >= 15 is 0 Å². The van der Waals surface area contributed by atoms with Crippen LogP contribution in [0.1, 0.15) is 16.7 Å². The van der Waals surface area contributed by atoms with E-state index in [1.165, 1.54) is 18.0 Å². The Balaban J connectivity index is 1.79. The van der Waals surface area contributed by atoms with E-state index in [0.717, 1.165) is 29.5 Å². The fraction of sp³-hybridized carbons (Fsp3) is 0.125. The van der Waals surface area contributed by atoms with Crippen molar-refractivity contribution in [1.82, 2.24) is 9.97 Å². The van der Waals surface area contributed by atoms with Gasteiger partial charge in [-0.25, -0.2) is 13.4 Å². The van der Waals surface area contributed by atoms with Crippen LogP contribution in [-0.2, 0) is 22.7 Å². The highest BCUT2D eigenvalue weighted by Gasteiger charge is 2.25. The number of rotatable bonds is 6. The van der Waals surface area contributed by atoms with Crippen molar-refractivity contribution in [1.29, 1.82) is 0 Å². The Morgan fingerprint density at radius 1 is 0.862 bits per heavy atom. The molecular formula is C24H22N2O2S. The van der Waals surface area contributed by atoms with Gasteiger partial charge in [-0.15, -0.1) is 0 Å². The van der Waals surface area contributed by atoms with Crippen LogP contribution in [-0.4, -0.2) is 18.4 Å². The van der Waals surface area contributed by atoms with E-state index in [9.17, 15) is 8.42 Å². The lowest BCUT2D eigenvalue weighted by molar-refractivity contribution is 0.589. The predicted octanol–water partition coefficient (Wildman–Crippen LogP) is 5.00. The molecule has 1 N–H and O–H groups in total. The first kappa shape index (κ1) is 19.2. The molecule has 3 aromatic carbocycles. The number of sulfone groups is 1. The first-order chi connectivity index (χ1) is 14.1. The lowest BCUT2D eigenvalue weighted by Crippen LogP contribution is -2.07. The second-order valence-electron chi connectivity index (χ2n) is 7.04. The summed E-state index contributed by atoms with van der Waals surface area (Å²) in [5, 5.41) is -0.0376. The van der Waals surface area contributed by atoms with Gasteiger partial charge < -0.3 is 4.98 Å². The van der Waals surface area contributed by atoms with Crippen LogP contribution in [0.25, 0.3) is 11.1 Å². The lowest BCUT2D eigenvalue weighted by Gasteiger charge is -2.15. The minimum Gasteiger partial charge on any atom is -0.335 e. The van der Waals surface area contributed by atoms with Crippen molar-refractivity contribution in [2.75, 3.05) is 0 Å². The predicted molar refractivity (Wildman–Crippen MR) is 115 cm³/mol. The number of benzene rings is 3. The third kappa shape index (κ3) is 4.00. The van der Waals surface area contributed by atoms with Crippen LogP contribution in [0, 0.1) is 6.92 Å². The Bertz CT molecular complexity index is 1210. The molecule has 0 fully saturated rings. The molecule has 1 aromatic heterocycles. The molecule has 4 rings (SSSR count). The Hall–Kier alpha value is -3.18. The van der Waals surface area contributed by atoms with Crippen molar-refractivity contribution in [2.24, 2.45) is 0 Å². The summed E-state index contributed by atoms with van der Waals surface area (Å²) in [6.45, 7) is 1.97. The molecule has 0 saturated carbocycles. The van der Waals surface area contributed by atoms with Crippen LogP contribution in [0.3, 0.4) is 0 Å². The number of aromatic amines is 1. The molecule has 0 aliphatic rings. The quantitative estimate of drug-likeness (QED) is 0.493. The minimum atomic E-state index is -3.74. The molecular weight excluding hydrogens is 380 g/mol. The maximum atomic E-state index is 13.2. The Morgan fingerprint density at radius 2 is 1.62 bits per heavy atom. The van der Waals surface area contributed by atoms with Gasteiger partial charge in [0.05, 0.1) is 4.90 Å². The number of hydrogen-bond donors (Lipinski definition) is 1. The van der Waals surface area contributed by atoms with Crippen LogP contribution in [0.2, 0.25) is 0 Å². The van der Waals surface area contributed by atoms with Crippen molar-refractivity contribution in [3.63, 3.8) is 0 Å². The summed E-state index contributed by atoms with van der Waals surface area (Å²) in [6.07, 6.45) is 4.70. The molecule has 0 radical (unpaired) electrons. The largest absolute Gasteiger partial charge is 0.335 e. The van der Waals surface area contributed by atoms with Gasteiger partial charge in [0, 0.05) is 18.0 Å². The number of H-pyrrole nitrogens is 1. The molecule has 0 spiro atoms. The SMILES string of the molecule is Cc1ccc(S(=O)(=O)c2ncc[nH]2)c(-c2ccccc2CCc2ccccc2)c1. The molecule has 0 aliphatic carbocycles. The van der Waals surface area contributed by atoms with Crippen LogP contribution in [0.5, 0.6) is 0 Å². The van der Waals surface area contributed by atoms with Crippen LogP contribution >= 0.6 is 0 Å². The Kier molecular flexibility index (Phi) is 5.32. The van der Waals surface area contributed by atoms with E-state index in [4.69, 9.17) is 0 Å². The zero-order valence-corrected chi connectivity index (χ0v) is 17.0. The summed E-state index contributed by atoms with van der Waals surface area (Å²) in [5.41, 5.74) is 5.05. The molecule has 0 aliphatic heterocycles. The Morgan fingerprint density at radius 3 is 2.38 bits per heavy atom. The number of nitrogens with one attached hydrogen (secondary N) is 1. The van der Waals surface area contributed by atoms with Crippen molar-refractivity contribution in [3.8, 4) is 11.1 Å². The molecule has 0 amide bonds. The number of aryl methyl sites for hydroxylation is 3. The summed E-state index contributed by atoms with van der Waals surface area (Å²) in [5.74, 6) is 0. The maximum absolute atomic E-state index is 13.2. The van der Waals surface area contributed by atoms with Crippen molar-refractivity contribution >= 4 is 9.84 Å². The molecule has 0 bridgehead atoms. The zero-order valence-electron chi connectivity index (χ0n) is 16.2. The van der Waals surface area contributed by atoms with Crippen LogP contribution in [0.4, 0.5) is 0 Å². The highest BCUT2D eigenvalue weighted by Crippen LogP contribution is 2.34. The van der Waals surface area contributed by atoms with Crippen molar-refractivity contribution in [2.45, 2.75) is 29.8 Å². The average molecular weight is 403 g/mol. The number of nitrogens with zero attached hydrogens (tertiary/aromatic N) is 1. The van der Waals surface area contributed by atoms with E-state index in [0.29, 0.717) is 5.56 Å². The van der Waals surface area contributed by atoms with Gasteiger partial charge in [-0.2, -0.15) is 0 Å². The first-order valence-corrected chi connectivity index (χ1v) is 11.0. The molecule has 1 heterocycles. The summed E-state index contributed by atoms with van der Waals surface area (Å²) in [7, 11) is -3.74. The summed E-state index contributed by atoms with van der Waals surface area (Å²) >= 11 is 0. The fourth-order valence-electron chi connectivity index (χ4n) is 3.52. The Labute approximate surface area is 171 Å². The highest BCUT2D eigenvalue weighted by atomic mass is 32.2. The lowest BCUT2D eigenvalue weighted by atomic mass is 9.94. The van der Waals surface area contributed by atoms with E-state index in [2.05, 4.69) is 28.2 Å². The van der Waals surface area contributed by atoms with E-state index in [1.54, 1.807) is 6.07 Å². The second kappa shape index (κ2) is 8.05. The summed E-state index contributed by atoms with van der Waals surface area (Å²) < 4.78 is 26.4. The smallest absolute Gasteiger partial charge is 0.240 e. The number of hydrogen-bond acceptors (Lipinski definition) is 3. The minimum absolute atomic E-state index is 0.0376. The molecule has 4 nitrogen and oxygen atoms in total. The molecule has 146 valence electrons. The fourth-order valence-corrected chi connectivity index (χ4v) is 4.85. The first-order valence-electron chi connectivity index (χ1n) is 9.53. The summed E-state index contributed by atoms with van der Waals surface area (Å²) in [4.78, 5) is 6.98. The van der Waals surface area contributed by atoms with Gasteiger partial charge in [0.2, 0.25) is 15.0 Å². The van der Waals surface area contributed by atoms with Gasteiger partial charge >= 0.3 is 0 Å². The van der Waals surface area contributed by atoms with E-state index in [-0.39, 0.29) is 10.1 Å². The molecule has 4 aromatic rings. The molecule has 0 unspecified atom stereocenters. The van der Waals surface area contributed by atoms with Gasteiger partial charge in [0.25, 0.3) is 0 Å². The second-order valence-corrected chi connectivity index (χ2v) is 8.87. The van der Waals surface area contributed by atoms with E-state index < -0.39 is 9.84 Å². The molecule has 0 atom stereocenters. The van der Waals surface area contributed by atoms with Gasteiger partial charge in [-0.05, 0) is 42.5 Å². The van der Waals surface area contributed by atoms with Crippen LogP contribution < -0.4 is 0 Å².